The highest BCUT2D eigenvalue weighted by molar-refractivity contribution is 8.18. The van der Waals surface area contributed by atoms with E-state index in [-0.39, 0.29) is 23.0 Å². The fourth-order valence-electron chi connectivity index (χ4n) is 3.25. The molecule has 0 radical (unpaired) electrons. The van der Waals surface area contributed by atoms with Gasteiger partial charge in [-0.3, -0.25) is 4.79 Å². The van der Waals surface area contributed by atoms with Crippen molar-refractivity contribution in [1.82, 2.24) is 0 Å². The van der Waals surface area contributed by atoms with Gasteiger partial charge < -0.3 is 19.3 Å². The van der Waals surface area contributed by atoms with Crippen LogP contribution in [0.5, 0.6) is 11.5 Å². The highest BCUT2D eigenvalue weighted by Crippen LogP contribution is 2.40. The minimum Gasteiger partial charge on any atom is -0.506 e. The monoisotopic (exact) mass is 509 g/mol. The third-order valence-corrected chi connectivity index (χ3v) is 6.03. The summed E-state index contributed by atoms with van der Waals surface area (Å²) in [5.41, 5.74) is 1.98. The van der Waals surface area contributed by atoms with E-state index in [1.807, 2.05) is 38.1 Å². The predicted molar refractivity (Wildman–Crippen MR) is 143 cm³/mol. The number of ether oxygens (including phenoxy) is 3. The van der Waals surface area contributed by atoms with E-state index < -0.39 is 11.9 Å². The lowest BCUT2D eigenvalue weighted by molar-refractivity contribution is -0.138. The molecule has 1 N–H and O–H groups in total. The fraction of sp³-hybridized carbons (Fsp3) is 0.321. The highest BCUT2D eigenvalue weighted by atomic mass is 32.2. The number of amides is 1. The first-order chi connectivity index (χ1) is 17.2. The summed E-state index contributed by atoms with van der Waals surface area (Å²) >= 11 is 1.03. The molecule has 0 fully saturated rings. The summed E-state index contributed by atoms with van der Waals surface area (Å²) in [4.78, 5) is 29.9. The predicted octanol–water partition coefficient (Wildman–Crippen LogP) is 6.13. The normalized spacial score (nSPS) is 15.6. The zero-order valence-corrected chi connectivity index (χ0v) is 22.0. The molecular formula is C28H31NO6S. The number of esters is 1. The van der Waals surface area contributed by atoms with Gasteiger partial charge in [-0.2, -0.15) is 0 Å². The first kappa shape index (κ1) is 27.1. The summed E-state index contributed by atoms with van der Waals surface area (Å²) in [5.74, 6) is 0.0250. The van der Waals surface area contributed by atoms with Crippen LogP contribution in [-0.2, 0) is 9.53 Å². The summed E-state index contributed by atoms with van der Waals surface area (Å²) in [5, 5.41) is 11.0. The molecule has 3 rings (SSSR count). The largest absolute Gasteiger partial charge is 0.506 e. The SMILES string of the molecule is CCOC(=O)C1=C(O)/C(=C/c2ccc(OCC(C)C)c(OCC)c2)SC1=NC(=O)c1ccc(C)cc1. The summed E-state index contributed by atoms with van der Waals surface area (Å²) in [6.07, 6.45) is 1.70. The molecule has 1 aliphatic heterocycles. The van der Waals surface area contributed by atoms with E-state index in [1.54, 1.807) is 31.2 Å². The van der Waals surface area contributed by atoms with Gasteiger partial charge in [-0.1, -0.05) is 49.4 Å². The van der Waals surface area contributed by atoms with Gasteiger partial charge in [-0.15, -0.1) is 0 Å². The molecule has 0 saturated carbocycles. The molecule has 190 valence electrons. The number of carbonyl (C=O) groups is 2. The van der Waals surface area contributed by atoms with Gasteiger partial charge in [0.1, 0.15) is 16.4 Å². The molecule has 0 unspecified atom stereocenters. The van der Waals surface area contributed by atoms with Crippen molar-refractivity contribution < 1.29 is 28.9 Å². The lowest BCUT2D eigenvalue weighted by Crippen LogP contribution is -2.14. The Labute approximate surface area is 215 Å². The maximum absolute atomic E-state index is 12.8. The number of aryl methyl sites for hydroxylation is 1. The Balaban J connectivity index is 1.97. The molecule has 2 aromatic rings. The number of aliphatic hydroxyl groups is 1. The zero-order chi connectivity index (χ0) is 26.2. The van der Waals surface area contributed by atoms with Gasteiger partial charge in [0, 0.05) is 5.56 Å². The molecule has 0 bridgehead atoms. The van der Waals surface area contributed by atoms with Crippen LogP contribution in [0, 0.1) is 12.8 Å². The second-order valence-corrected chi connectivity index (χ2v) is 9.52. The van der Waals surface area contributed by atoms with Crippen molar-refractivity contribution in [3.63, 3.8) is 0 Å². The Morgan fingerprint density at radius 3 is 2.39 bits per heavy atom. The van der Waals surface area contributed by atoms with Crippen molar-refractivity contribution in [1.29, 1.82) is 0 Å². The fourth-order valence-corrected chi connectivity index (χ4v) is 4.27. The Bertz CT molecular complexity index is 1210. The number of hydrogen-bond donors (Lipinski definition) is 1. The number of thioether (sulfide) groups is 1. The molecule has 1 amide bonds. The maximum Gasteiger partial charge on any atom is 0.344 e. The molecule has 7 nitrogen and oxygen atoms in total. The molecule has 8 heteroatoms. The van der Waals surface area contributed by atoms with E-state index in [2.05, 4.69) is 18.8 Å². The molecule has 0 aromatic heterocycles. The average molecular weight is 510 g/mol. The van der Waals surface area contributed by atoms with Gasteiger partial charge in [0.2, 0.25) is 0 Å². The Morgan fingerprint density at radius 1 is 1.03 bits per heavy atom. The zero-order valence-electron chi connectivity index (χ0n) is 21.2. The number of hydrogen-bond acceptors (Lipinski definition) is 7. The van der Waals surface area contributed by atoms with Crippen LogP contribution in [0.25, 0.3) is 6.08 Å². The standard InChI is InChI=1S/C28H31NO6S/c1-6-33-22-14-19(10-13-21(22)35-16-17(3)4)15-23-25(30)24(28(32)34-7-2)27(36-23)29-26(31)20-11-8-18(5)9-12-20/h8-15,17,30H,6-7,16H2,1-5H3/b23-15-,29-27?. The second kappa shape index (κ2) is 12.4. The third-order valence-electron chi connectivity index (χ3n) is 5.01. The van der Waals surface area contributed by atoms with Crippen LogP contribution in [0.15, 0.2) is 63.7 Å². The van der Waals surface area contributed by atoms with Gasteiger partial charge in [-0.25, -0.2) is 9.79 Å². The summed E-state index contributed by atoms with van der Waals surface area (Å²) in [6, 6.07) is 12.4. The van der Waals surface area contributed by atoms with Crippen molar-refractivity contribution in [3.05, 3.63) is 75.4 Å². The molecule has 36 heavy (non-hydrogen) atoms. The van der Waals surface area contributed by atoms with Crippen LogP contribution in [-0.4, -0.2) is 41.8 Å². The molecule has 1 aliphatic rings. The number of carbonyl (C=O) groups excluding carboxylic acids is 2. The van der Waals surface area contributed by atoms with Crippen molar-refractivity contribution >= 4 is 34.8 Å². The van der Waals surface area contributed by atoms with Gasteiger partial charge >= 0.3 is 5.97 Å². The van der Waals surface area contributed by atoms with E-state index >= 15 is 0 Å². The molecule has 2 aromatic carbocycles. The van der Waals surface area contributed by atoms with Crippen LogP contribution >= 0.6 is 11.8 Å². The molecule has 0 saturated heterocycles. The number of aliphatic imine (C=N–C) groups is 1. The summed E-state index contributed by atoms with van der Waals surface area (Å²) in [6.45, 7) is 10.7. The number of rotatable bonds is 9. The topological polar surface area (TPSA) is 94.4 Å². The Kier molecular flexibility index (Phi) is 9.36. The second-order valence-electron chi connectivity index (χ2n) is 8.49. The molecule has 0 aliphatic carbocycles. The smallest absolute Gasteiger partial charge is 0.344 e. The average Bonchev–Trinajstić information content (AvgIpc) is 3.13. The van der Waals surface area contributed by atoms with Crippen molar-refractivity contribution in [3.8, 4) is 11.5 Å². The summed E-state index contributed by atoms with van der Waals surface area (Å²) in [7, 11) is 0. The van der Waals surface area contributed by atoms with Crippen molar-refractivity contribution in [2.24, 2.45) is 10.9 Å². The van der Waals surface area contributed by atoms with E-state index in [4.69, 9.17) is 14.2 Å². The van der Waals surface area contributed by atoms with Gasteiger partial charge in [0.25, 0.3) is 5.91 Å². The number of nitrogens with zero attached hydrogens (tertiary/aromatic N) is 1. The quantitative estimate of drug-likeness (QED) is 0.406. The Hall–Kier alpha value is -3.52. The first-order valence-corrected chi connectivity index (χ1v) is 12.6. The van der Waals surface area contributed by atoms with E-state index in [9.17, 15) is 14.7 Å². The summed E-state index contributed by atoms with van der Waals surface area (Å²) < 4.78 is 16.7. The minimum absolute atomic E-state index is 0.0877. The van der Waals surface area contributed by atoms with E-state index in [0.717, 1.165) is 22.9 Å². The highest BCUT2D eigenvalue weighted by Gasteiger charge is 2.34. The maximum atomic E-state index is 12.8. The number of benzene rings is 2. The van der Waals surface area contributed by atoms with Gasteiger partial charge in [0.15, 0.2) is 11.5 Å². The van der Waals surface area contributed by atoms with Gasteiger partial charge in [0.05, 0.1) is 24.7 Å². The van der Waals surface area contributed by atoms with Crippen molar-refractivity contribution in [2.75, 3.05) is 19.8 Å². The van der Waals surface area contributed by atoms with Crippen LogP contribution < -0.4 is 9.47 Å². The first-order valence-electron chi connectivity index (χ1n) is 11.8. The van der Waals surface area contributed by atoms with Crippen LogP contribution in [0.3, 0.4) is 0 Å². The molecule has 0 atom stereocenters. The molecule has 1 heterocycles. The van der Waals surface area contributed by atoms with Crippen LogP contribution in [0.1, 0.15) is 49.2 Å². The third kappa shape index (κ3) is 6.79. The van der Waals surface area contributed by atoms with Crippen LogP contribution in [0.4, 0.5) is 0 Å². The van der Waals surface area contributed by atoms with Gasteiger partial charge in [-0.05, 0) is 62.6 Å². The Morgan fingerprint density at radius 2 is 1.75 bits per heavy atom. The lowest BCUT2D eigenvalue weighted by atomic mass is 10.1. The number of aliphatic hydroxyl groups excluding tert-OH is 1. The molecular weight excluding hydrogens is 478 g/mol. The minimum atomic E-state index is -0.742. The van der Waals surface area contributed by atoms with E-state index in [0.29, 0.717) is 41.1 Å². The molecule has 0 spiro atoms. The van der Waals surface area contributed by atoms with Crippen molar-refractivity contribution in [2.45, 2.75) is 34.6 Å². The lowest BCUT2D eigenvalue weighted by Gasteiger charge is -2.14. The van der Waals surface area contributed by atoms with E-state index in [1.165, 1.54) is 0 Å². The van der Waals surface area contributed by atoms with Crippen LogP contribution in [0.2, 0.25) is 0 Å².